The molecule has 0 fully saturated rings. The summed E-state index contributed by atoms with van der Waals surface area (Å²) in [6.45, 7) is 7.54. The van der Waals surface area contributed by atoms with Crippen molar-refractivity contribution >= 4 is 17.5 Å². The number of amides is 2. The Hall–Kier alpha value is -2.63. The maximum atomic E-state index is 12.0. The molecule has 165 valence electrons. The minimum atomic E-state index is -0.258. The molecule has 3 rings (SSSR count). The first-order chi connectivity index (χ1) is 15.0. The van der Waals surface area contributed by atoms with Gasteiger partial charge in [-0.2, -0.15) is 12.5 Å². The summed E-state index contributed by atoms with van der Waals surface area (Å²) < 4.78 is 0. The van der Waals surface area contributed by atoms with Crippen LogP contribution < -0.4 is 10.6 Å². The van der Waals surface area contributed by atoms with E-state index in [0.29, 0.717) is 13.0 Å². The van der Waals surface area contributed by atoms with Crippen LogP contribution in [0.2, 0.25) is 0 Å². The molecule has 0 aliphatic heterocycles. The van der Waals surface area contributed by atoms with E-state index in [1.54, 1.807) is 12.4 Å². The molecule has 0 unspecified atom stereocenters. The Morgan fingerprint density at radius 2 is 1.53 bits per heavy atom. The third-order valence-electron chi connectivity index (χ3n) is 4.41. The molecule has 2 amide bonds. The zero-order valence-corrected chi connectivity index (χ0v) is 21.1. The van der Waals surface area contributed by atoms with E-state index in [9.17, 15) is 9.59 Å². The Morgan fingerprint density at radius 3 is 2.16 bits per heavy atom. The monoisotopic (exact) mass is 504 g/mol. The molecule has 0 saturated carbocycles. The molecule has 2 aromatic carbocycles. The molecule has 0 bridgehead atoms. The molecule has 0 spiro atoms. The number of hydrogen-bond donors (Lipinski definition) is 2. The summed E-state index contributed by atoms with van der Waals surface area (Å²) in [7, 11) is 0. The van der Waals surface area contributed by atoms with Gasteiger partial charge >= 0.3 is 0 Å². The van der Waals surface area contributed by atoms with Crippen molar-refractivity contribution in [3.05, 3.63) is 98.5 Å². The molecule has 1 aromatic heterocycles. The van der Waals surface area contributed by atoms with Gasteiger partial charge in [-0.05, 0) is 48.5 Å². The number of carbonyl (C=O) groups excluding carboxylic acids is 2. The number of carbonyl (C=O) groups is 2. The number of nitrogens with zero attached hydrogens (tertiary/aromatic N) is 1. The Balaban J connectivity index is 0.000000545. The number of pyridine rings is 1. The van der Waals surface area contributed by atoms with E-state index in [0.717, 1.165) is 41.6 Å². The van der Waals surface area contributed by atoms with Crippen LogP contribution in [-0.2, 0) is 42.3 Å². The van der Waals surface area contributed by atoms with Gasteiger partial charge in [0.2, 0.25) is 5.91 Å². The fourth-order valence-corrected chi connectivity index (χ4v) is 2.83. The van der Waals surface area contributed by atoms with Crippen molar-refractivity contribution in [1.82, 2.24) is 10.3 Å². The minimum Gasteiger partial charge on any atom is -0.381 e. The van der Waals surface area contributed by atoms with E-state index in [2.05, 4.69) is 29.5 Å². The molecule has 0 saturated heterocycles. The second-order valence-corrected chi connectivity index (χ2v) is 7.01. The standard InChI is InChI=1S/C20H23N2O2.C6H6N.Y/c1-16(23)21-14-7-3-6-13-20(24)22-19-12-8-11-18(15-19)17-9-4-2-5-10-17;1-6-2-4-7-5-3-6;/h2,4-5,8-12,15H,1,3,6-7,13-14H2,(H,21,23)(H,22,24);2-5H,1H2;/q2*-1;. The molecule has 1 radical (unpaired) electrons. The van der Waals surface area contributed by atoms with Gasteiger partial charge in [0.05, 0.1) is 5.91 Å². The molecule has 0 aliphatic rings. The minimum absolute atomic E-state index is 0. The number of rotatable bonds is 8. The van der Waals surface area contributed by atoms with Crippen molar-refractivity contribution in [2.45, 2.75) is 25.7 Å². The van der Waals surface area contributed by atoms with E-state index in [1.807, 2.05) is 66.7 Å². The fourth-order valence-electron chi connectivity index (χ4n) is 2.83. The number of anilines is 1. The maximum absolute atomic E-state index is 12.0. The molecular formula is C26H29N3O2Y-2. The molecule has 1 heterocycles. The van der Waals surface area contributed by atoms with Crippen LogP contribution in [0.15, 0.2) is 79.1 Å². The predicted octanol–water partition coefficient (Wildman–Crippen LogP) is 5.06. The van der Waals surface area contributed by atoms with Crippen molar-refractivity contribution < 1.29 is 42.3 Å². The first-order valence-corrected chi connectivity index (χ1v) is 10.3. The molecule has 6 heteroatoms. The van der Waals surface area contributed by atoms with Crippen LogP contribution in [0.1, 0.15) is 31.2 Å². The van der Waals surface area contributed by atoms with Gasteiger partial charge in [0.1, 0.15) is 0 Å². The summed E-state index contributed by atoms with van der Waals surface area (Å²) >= 11 is 0. The molecule has 32 heavy (non-hydrogen) atoms. The summed E-state index contributed by atoms with van der Waals surface area (Å²) in [6.07, 6.45) is 6.49. The molecular weight excluding hydrogens is 475 g/mol. The Morgan fingerprint density at radius 1 is 0.844 bits per heavy atom. The van der Waals surface area contributed by atoms with Gasteiger partial charge in [0.25, 0.3) is 0 Å². The van der Waals surface area contributed by atoms with Gasteiger partial charge in [-0.1, -0.05) is 48.9 Å². The van der Waals surface area contributed by atoms with Crippen molar-refractivity contribution in [2.24, 2.45) is 0 Å². The largest absolute Gasteiger partial charge is 0.381 e. The molecule has 2 N–H and O–H groups in total. The summed E-state index contributed by atoms with van der Waals surface area (Å²) in [6, 6.07) is 21.6. The molecule has 3 aromatic rings. The average molecular weight is 504 g/mol. The maximum Gasteiger partial charge on any atom is 0.224 e. The first kappa shape index (κ1) is 27.4. The van der Waals surface area contributed by atoms with Crippen molar-refractivity contribution in [3.8, 4) is 11.1 Å². The van der Waals surface area contributed by atoms with E-state index in [-0.39, 0.29) is 44.5 Å². The first-order valence-electron chi connectivity index (χ1n) is 10.3. The van der Waals surface area contributed by atoms with Crippen molar-refractivity contribution in [1.29, 1.82) is 0 Å². The van der Waals surface area contributed by atoms with Crippen LogP contribution >= 0.6 is 0 Å². The smallest absolute Gasteiger partial charge is 0.224 e. The van der Waals surface area contributed by atoms with Crippen molar-refractivity contribution in [3.63, 3.8) is 0 Å². The fraction of sp³-hybridized carbons (Fsp3) is 0.192. The second-order valence-electron chi connectivity index (χ2n) is 7.01. The molecule has 0 aliphatic carbocycles. The van der Waals surface area contributed by atoms with Crippen LogP contribution in [0.3, 0.4) is 0 Å². The zero-order valence-electron chi connectivity index (χ0n) is 18.3. The zero-order chi connectivity index (χ0) is 22.3. The number of aromatic nitrogens is 1. The van der Waals surface area contributed by atoms with Gasteiger partial charge in [-0.15, -0.1) is 12.1 Å². The average Bonchev–Trinajstić information content (AvgIpc) is 2.78. The number of unbranched alkanes of at least 4 members (excludes halogenated alkanes) is 2. The van der Waals surface area contributed by atoms with Crippen LogP contribution in [0.5, 0.6) is 0 Å². The summed E-state index contributed by atoms with van der Waals surface area (Å²) in [5.74, 6) is -0.243. The topological polar surface area (TPSA) is 71.1 Å². The predicted molar refractivity (Wildman–Crippen MR) is 126 cm³/mol. The van der Waals surface area contributed by atoms with Gasteiger partial charge < -0.3 is 22.4 Å². The van der Waals surface area contributed by atoms with Crippen LogP contribution in [0.25, 0.3) is 11.1 Å². The van der Waals surface area contributed by atoms with E-state index in [1.165, 1.54) is 0 Å². The van der Waals surface area contributed by atoms with Gasteiger partial charge in [0.15, 0.2) is 0 Å². The quantitative estimate of drug-likeness (QED) is 0.333. The third-order valence-corrected chi connectivity index (χ3v) is 4.41. The number of benzene rings is 2. The SMILES string of the molecule is [CH2-]C(=O)NCCCCCC(=O)Nc1cccc(-c2ccccc2)c1.[CH2-]c1ccncc1.[Y]. The van der Waals surface area contributed by atoms with E-state index >= 15 is 0 Å². The van der Waals surface area contributed by atoms with Gasteiger partial charge in [-0.3, -0.25) is 9.78 Å². The Labute approximate surface area is 216 Å². The summed E-state index contributed by atoms with van der Waals surface area (Å²) in [4.78, 5) is 26.4. The van der Waals surface area contributed by atoms with Gasteiger partial charge in [-0.25, -0.2) is 0 Å². The third kappa shape index (κ3) is 11.7. The summed E-state index contributed by atoms with van der Waals surface area (Å²) in [5, 5.41) is 5.59. The van der Waals surface area contributed by atoms with Crippen molar-refractivity contribution in [2.75, 3.05) is 11.9 Å². The normalized spacial score (nSPS) is 9.50. The number of nitrogens with one attached hydrogen (secondary N) is 2. The van der Waals surface area contributed by atoms with Gasteiger partial charge in [0, 0.05) is 51.4 Å². The van der Waals surface area contributed by atoms with Crippen LogP contribution in [0, 0.1) is 13.8 Å². The second kappa shape index (κ2) is 16.1. The van der Waals surface area contributed by atoms with Crippen LogP contribution in [-0.4, -0.2) is 23.3 Å². The number of hydrogen-bond acceptors (Lipinski definition) is 3. The van der Waals surface area contributed by atoms with E-state index < -0.39 is 0 Å². The van der Waals surface area contributed by atoms with E-state index in [4.69, 9.17) is 0 Å². The Kier molecular flexibility index (Phi) is 13.8. The Bertz CT molecular complexity index is 934. The summed E-state index contributed by atoms with van der Waals surface area (Å²) in [5.41, 5.74) is 4.03. The van der Waals surface area contributed by atoms with Crippen LogP contribution in [0.4, 0.5) is 5.69 Å². The molecule has 5 nitrogen and oxygen atoms in total. The molecule has 0 atom stereocenters.